The molecule has 1 rings (SSSR count). The number of nitrogens with zero attached hydrogens (tertiary/aromatic N) is 2. The third kappa shape index (κ3) is 4.03. The molecule has 0 aliphatic heterocycles. The first kappa shape index (κ1) is 13.4. The molecule has 17 heavy (non-hydrogen) atoms. The van der Waals surface area contributed by atoms with Crippen LogP contribution in [0.25, 0.3) is 0 Å². The number of aromatic nitrogens is 1. The van der Waals surface area contributed by atoms with E-state index in [0.717, 1.165) is 18.8 Å². The van der Waals surface area contributed by atoms with Crippen molar-refractivity contribution in [1.29, 1.82) is 0 Å². The lowest BCUT2D eigenvalue weighted by Crippen LogP contribution is -2.28. The Morgan fingerprint density at radius 1 is 1.53 bits per heavy atom. The molecular formula is C12H20N4O. The van der Waals surface area contributed by atoms with Crippen molar-refractivity contribution in [3.05, 3.63) is 24.0 Å². The molecule has 0 radical (unpaired) electrons. The number of hydrogen-bond donors (Lipinski definition) is 2. The fourth-order valence-electron chi connectivity index (χ4n) is 1.44. The van der Waals surface area contributed by atoms with Gasteiger partial charge in [-0.3, -0.25) is 9.78 Å². The summed E-state index contributed by atoms with van der Waals surface area (Å²) in [5.74, 6) is -0.128. The summed E-state index contributed by atoms with van der Waals surface area (Å²) in [6.07, 6.45) is 1.66. The van der Waals surface area contributed by atoms with E-state index in [2.05, 4.69) is 20.5 Å². The van der Waals surface area contributed by atoms with Crippen molar-refractivity contribution in [1.82, 2.24) is 15.6 Å². The number of carbonyl (C=O) groups is 1. The molecule has 1 amide bonds. The number of amides is 1. The molecule has 0 aliphatic carbocycles. The van der Waals surface area contributed by atoms with Gasteiger partial charge in [0.25, 0.3) is 5.91 Å². The van der Waals surface area contributed by atoms with Crippen molar-refractivity contribution >= 4 is 11.6 Å². The Bertz CT molecular complexity index is 367. The first-order valence-corrected chi connectivity index (χ1v) is 5.79. The molecule has 0 unspecified atom stereocenters. The number of nitrogens with one attached hydrogen (secondary N) is 2. The number of hydrogen-bond acceptors (Lipinski definition) is 4. The molecule has 0 atom stereocenters. The highest BCUT2D eigenvalue weighted by Crippen LogP contribution is 2.12. The van der Waals surface area contributed by atoms with Crippen LogP contribution in [-0.4, -0.2) is 44.6 Å². The molecular weight excluding hydrogens is 216 g/mol. The monoisotopic (exact) mass is 236 g/mol. The van der Waals surface area contributed by atoms with Gasteiger partial charge in [-0.05, 0) is 26.1 Å². The SMILES string of the molecule is CCNC(=O)c1cc(N(C)CCNC)ccn1. The minimum Gasteiger partial charge on any atom is -0.373 e. The normalized spacial score (nSPS) is 10.1. The highest BCUT2D eigenvalue weighted by atomic mass is 16.1. The molecule has 0 fully saturated rings. The molecule has 0 aliphatic rings. The third-order valence-corrected chi connectivity index (χ3v) is 2.45. The largest absolute Gasteiger partial charge is 0.373 e. The first-order valence-electron chi connectivity index (χ1n) is 5.79. The van der Waals surface area contributed by atoms with Gasteiger partial charge < -0.3 is 15.5 Å². The van der Waals surface area contributed by atoms with E-state index < -0.39 is 0 Å². The van der Waals surface area contributed by atoms with Crippen LogP contribution >= 0.6 is 0 Å². The quantitative estimate of drug-likeness (QED) is 0.754. The van der Waals surface area contributed by atoms with Crippen molar-refractivity contribution in [3.8, 4) is 0 Å². The van der Waals surface area contributed by atoms with E-state index >= 15 is 0 Å². The number of carbonyl (C=O) groups excluding carboxylic acids is 1. The number of likely N-dealkylation sites (N-methyl/N-ethyl adjacent to an activating group) is 2. The van der Waals surface area contributed by atoms with Gasteiger partial charge in [-0.15, -0.1) is 0 Å². The van der Waals surface area contributed by atoms with Gasteiger partial charge in [-0.1, -0.05) is 0 Å². The number of rotatable bonds is 6. The zero-order valence-corrected chi connectivity index (χ0v) is 10.7. The van der Waals surface area contributed by atoms with Crippen LogP contribution in [0.15, 0.2) is 18.3 Å². The molecule has 1 aromatic heterocycles. The molecule has 1 aromatic rings. The van der Waals surface area contributed by atoms with Gasteiger partial charge in [-0.25, -0.2) is 0 Å². The Kier molecular flexibility index (Phi) is 5.42. The fraction of sp³-hybridized carbons (Fsp3) is 0.500. The lowest BCUT2D eigenvalue weighted by Gasteiger charge is -2.19. The molecule has 2 N–H and O–H groups in total. The van der Waals surface area contributed by atoms with Crippen LogP contribution in [0.3, 0.4) is 0 Å². The van der Waals surface area contributed by atoms with E-state index in [-0.39, 0.29) is 5.91 Å². The maximum Gasteiger partial charge on any atom is 0.269 e. The van der Waals surface area contributed by atoms with Gasteiger partial charge >= 0.3 is 0 Å². The van der Waals surface area contributed by atoms with Gasteiger partial charge in [0.2, 0.25) is 0 Å². The van der Waals surface area contributed by atoms with Crippen LogP contribution in [0.5, 0.6) is 0 Å². The molecule has 5 heteroatoms. The molecule has 0 saturated heterocycles. The van der Waals surface area contributed by atoms with E-state index in [9.17, 15) is 4.79 Å². The fourth-order valence-corrected chi connectivity index (χ4v) is 1.44. The minimum atomic E-state index is -0.128. The first-order chi connectivity index (χ1) is 8.19. The molecule has 94 valence electrons. The van der Waals surface area contributed by atoms with Gasteiger partial charge in [0.15, 0.2) is 0 Å². The highest BCUT2D eigenvalue weighted by molar-refractivity contribution is 5.93. The molecule has 0 aromatic carbocycles. The lowest BCUT2D eigenvalue weighted by atomic mass is 10.3. The lowest BCUT2D eigenvalue weighted by molar-refractivity contribution is 0.0951. The summed E-state index contributed by atoms with van der Waals surface area (Å²) >= 11 is 0. The molecule has 1 heterocycles. The van der Waals surface area contributed by atoms with Crippen LogP contribution in [-0.2, 0) is 0 Å². The smallest absolute Gasteiger partial charge is 0.269 e. The summed E-state index contributed by atoms with van der Waals surface area (Å²) in [7, 11) is 3.91. The third-order valence-electron chi connectivity index (χ3n) is 2.45. The van der Waals surface area contributed by atoms with Gasteiger partial charge in [0.05, 0.1) is 0 Å². The number of pyridine rings is 1. The Hall–Kier alpha value is -1.62. The minimum absolute atomic E-state index is 0.128. The Morgan fingerprint density at radius 2 is 2.29 bits per heavy atom. The average molecular weight is 236 g/mol. The predicted molar refractivity (Wildman–Crippen MR) is 69.4 cm³/mol. The highest BCUT2D eigenvalue weighted by Gasteiger charge is 2.08. The Balaban J connectivity index is 2.74. The zero-order chi connectivity index (χ0) is 12.7. The van der Waals surface area contributed by atoms with Crippen molar-refractivity contribution in [2.24, 2.45) is 0 Å². The standard InChI is InChI=1S/C12H20N4O/c1-4-14-12(17)11-9-10(5-6-15-11)16(3)8-7-13-2/h5-6,9,13H,4,7-8H2,1-3H3,(H,14,17). The molecule has 0 spiro atoms. The van der Waals surface area contributed by atoms with Crippen LogP contribution in [0.2, 0.25) is 0 Å². The van der Waals surface area contributed by atoms with Gasteiger partial charge in [-0.2, -0.15) is 0 Å². The summed E-state index contributed by atoms with van der Waals surface area (Å²) in [6.45, 7) is 4.28. The second kappa shape index (κ2) is 6.85. The van der Waals surface area contributed by atoms with E-state index in [1.807, 2.05) is 27.1 Å². The predicted octanol–water partition coefficient (Wildman–Crippen LogP) is 0.487. The number of anilines is 1. The van der Waals surface area contributed by atoms with E-state index in [1.54, 1.807) is 12.3 Å². The molecule has 0 bridgehead atoms. The zero-order valence-electron chi connectivity index (χ0n) is 10.7. The maximum absolute atomic E-state index is 11.6. The Labute approximate surface area is 102 Å². The Morgan fingerprint density at radius 3 is 2.94 bits per heavy atom. The van der Waals surface area contributed by atoms with Gasteiger partial charge in [0.1, 0.15) is 5.69 Å². The molecule has 0 saturated carbocycles. The van der Waals surface area contributed by atoms with Crippen molar-refractivity contribution in [2.45, 2.75) is 6.92 Å². The van der Waals surface area contributed by atoms with Crippen molar-refractivity contribution in [2.75, 3.05) is 38.6 Å². The van der Waals surface area contributed by atoms with E-state index in [1.165, 1.54) is 0 Å². The molecule has 5 nitrogen and oxygen atoms in total. The summed E-state index contributed by atoms with van der Waals surface area (Å²) in [5.41, 5.74) is 1.46. The topological polar surface area (TPSA) is 57.3 Å². The summed E-state index contributed by atoms with van der Waals surface area (Å²) in [5, 5.41) is 5.83. The van der Waals surface area contributed by atoms with Crippen molar-refractivity contribution in [3.63, 3.8) is 0 Å². The second-order valence-corrected chi connectivity index (χ2v) is 3.78. The van der Waals surface area contributed by atoms with E-state index in [4.69, 9.17) is 0 Å². The maximum atomic E-state index is 11.6. The van der Waals surface area contributed by atoms with Gasteiger partial charge in [0, 0.05) is 38.6 Å². The van der Waals surface area contributed by atoms with Crippen LogP contribution in [0.4, 0.5) is 5.69 Å². The average Bonchev–Trinajstić information content (AvgIpc) is 2.36. The summed E-state index contributed by atoms with van der Waals surface area (Å²) in [6, 6.07) is 3.71. The summed E-state index contributed by atoms with van der Waals surface area (Å²) < 4.78 is 0. The van der Waals surface area contributed by atoms with E-state index in [0.29, 0.717) is 12.2 Å². The van der Waals surface area contributed by atoms with Crippen LogP contribution < -0.4 is 15.5 Å². The van der Waals surface area contributed by atoms with Crippen LogP contribution in [0.1, 0.15) is 17.4 Å². The second-order valence-electron chi connectivity index (χ2n) is 3.78. The van der Waals surface area contributed by atoms with Crippen molar-refractivity contribution < 1.29 is 4.79 Å². The summed E-state index contributed by atoms with van der Waals surface area (Å²) in [4.78, 5) is 17.8. The van der Waals surface area contributed by atoms with Crippen LogP contribution in [0, 0.1) is 0 Å².